The summed E-state index contributed by atoms with van der Waals surface area (Å²) in [5.41, 5.74) is 0.0614. The van der Waals surface area contributed by atoms with E-state index in [1.165, 1.54) is 54.5 Å². The number of morpholine rings is 1. The Morgan fingerprint density at radius 1 is 1.14 bits per heavy atom. The molecule has 0 radical (unpaired) electrons. The van der Waals surface area contributed by atoms with Crippen LogP contribution in [-0.4, -0.2) is 83.1 Å². The number of amides is 1. The molecule has 36 heavy (non-hydrogen) atoms. The maximum atomic E-state index is 13.1. The second kappa shape index (κ2) is 10.8. The van der Waals surface area contributed by atoms with E-state index in [0.29, 0.717) is 37.5 Å². The molecule has 0 unspecified atom stereocenters. The number of carbonyl (C=O) groups excluding carboxylic acids is 2. The number of ether oxygens (including phenoxy) is 2. The van der Waals surface area contributed by atoms with Crippen molar-refractivity contribution in [2.75, 3.05) is 46.5 Å². The number of nitro groups is 1. The van der Waals surface area contributed by atoms with Crippen LogP contribution in [0.2, 0.25) is 0 Å². The van der Waals surface area contributed by atoms with Crippen LogP contribution >= 0.6 is 0 Å². The van der Waals surface area contributed by atoms with Gasteiger partial charge in [0.1, 0.15) is 17.3 Å². The zero-order valence-electron chi connectivity index (χ0n) is 19.8. The minimum absolute atomic E-state index is 0.0333. The standard InChI is InChI=1S/C25H27N3O8/c1-35-18-7-8-19(20(29)15-18)23(30)21-22(16-3-5-17(6-4-16)28(33)34)27(25(32)24(21)31)10-2-9-26-11-13-36-14-12-26/h3-8,15,22,29-30H,2,9-14H2,1H3/t22-/m1/s1. The van der Waals surface area contributed by atoms with Crippen molar-refractivity contribution in [2.45, 2.75) is 12.5 Å². The molecule has 1 amide bonds. The summed E-state index contributed by atoms with van der Waals surface area (Å²) in [6.07, 6.45) is 0.574. The van der Waals surface area contributed by atoms with Crippen LogP contribution in [-0.2, 0) is 14.3 Å². The van der Waals surface area contributed by atoms with Gasteiger partial charge in [0.05, 0.1) is 42.4 Å². The number of Topliss-reactive ketones (excluding diaryl/α,β-unsaturated/α-hetero) is 1. The van der Waals surface area contributed by atoms with Gasteiger partial charge in [-0.2, -0.15) is 0 Å². The summed E-state index contributed by atoms with van der Waals surface area (Å²) >= 11 is 0. The van der Waals surface area contributed by atoms with E-state index in [0.717, 1.165) is 13.1 Å². The first-order valence-electron chi connectivity index (χ1n) is 11.5. The number of benzene rings is 2. The van der Waals surface area contributed by atoms with Gasteiger partial charge in [-0.3, -0.25) is 24.6 Å². The predicted octanol–water partition coefficient (Wildman–Crippen LogP) is 2.45. The third-order valence-electron chi connectivity index (χ3n) is 6.40. The van der Waals surface area contributed by atoms with E-state index in [4.69, 9.17) is 9.47 Å². The molecule has 1 atom stereocenters. The zero-order valence-corrected chi connectivity index (χ0v) is 19.8. The molecule has 0 aliphatic carbocycles. The Hall–Kier alpha value is -3.96. The van der Waals surface area contributed by atoms with Crippen molar-refractivity contribution in [3.63, 3.8) is 0 Å². The highest BCUT2D eigenvalue weighted by Gasteiger charge is 2.46. The number of nitrogens with zero attached hydrogens (tertiary/aromatic N) is 3. The molecule has 190 valence electrons. The lowest BCUT2D eigenvalue weighted by molar-refractivity contribution is -0.384. The fourth-order valence-electron chi connectivity index (χ4n) is 4.51. The highest BCUT2D eigenvalue weighted by molar-refractivity contribution is 6.46. The van der Waals surface area contributed by atoms with Crippen LogP contribution in [0.25, 0.3) is 5.76 Å². The molecule has 2 aromatic carbocycles. The lowest BCUT2D eigenvalue weighted by atomic mass is 9.94. The summed E-state index contributed by atoms with van der Waals surface area (Å²) in [4.78, 5) is 40.4. The summed E-state index contributed by atoms with van der Waals surface area (Å²) in [6, 6.07) is 8.71. The van der Waals surface area contributed by atoms with Gasteiger partial charge >= 0.3 is 0 Å². The molecule has 4 rings (SSSR count). The van der Waals surface area contributed by atoms with E-state index < -0.39 is 28.4 Å². The first-order chi connectivity index (χ1) is 17.3. The first kappa shape index (κ1) is 25.1. The number of nitro benzene ring substituents is 1. The third-order valence-corrected chi connectivity index (χ3v) is 6.40. The number of hydrogen-bond acceptors (Lipinski definition) is 9. The molecule has 2 N–H and O–H groups in total. The predicted molar refractivity (Wildman–Crippen MR) is 129 cm³/mol. The van der Waals surface area contributed by atoms with E-state index in [2.05, 4.69) is 4.90 Å². The zero-order chi connectivity index (χ0) is 25.8. The molecule has 11 nitrogen and oxygen atoms in total. The Balaban J connectivity index is 1.71. The molecule has 2 fully saturated rings. The summed E-state index contributed by atoms with van der Waals surface area (Å²) in [7, 11) is 1.42. The topological polar surface area (TPSA) is 143 Å². The van der Waals surface area contributed by atoms with Gasteiger partial charge in [0, 0.05) is 44.4 Å². The number of aromatic hydroxyl groups is 1. The van der Waals surface area contributed by atoms with Crippen molar-refractivity contribution in [1.29, 1.82) is 0 Å². The van der Waals surface area contributed by atoms with Crippen LogP contribution in [0.3, 0.4) is 0 Å². The molecule has 0 aromatic heterocycles. The van der Waals surface area contributed by atoms with Crippen molar-refractivity contribution in [3.8, 4) is 11.5 Å². The van der Waals surface area contributed by atoms with Gasteiger partial charge in [-0.05, 0) is 36.2 Å². The number of non-ortho nitro benzene ring substituents is 1. The second-order valence-corrected chi connectivity index (χ2v) is 8.53. The molecular weight excluding hydrogens is 470 g/mol. The fourth-order valence-corrected chi connectivity index (χ4v) is 4.51. The summed E-state index contributed by atoms with van der Waals surface area (Å²) in [5, 5.41) is 32.7. The number of aliphatic hydroxyl groups is 1. The Bertz CT molecular complexity index is 1190. The van der Waals surface area contributed by atoms with E-state index >= 15 is 0 Å². The van der Waals surface area contributed by atoms with Crippen LogP contribution in [0.4, 0.5) is 5.69 Å². The highest BCUT2D eigenvalue weighted by atomic mass is 16.6. The van der Waals surface area contributed by atoms with E-state index in [-0.39, 0.29) is 29.1 Å². The quantitative estimate of drug-likeness (QED) is 0.185. The Morgan fingerprint density at radius 3 is 2.44 bits per heavy atom. The molecule has 0 bridgehead atoms. The van der Waals surface area contributed by atoms with Crippen LogP contribution in [0.5, 0.6) is 11.5 Å². The SMILES string of the molecule is COc1ccc(C(O)=C2C(=O)C(=O)N(CCCN3CCOCC3)[C@@H]2c2ccc([N+](=O)[O-])cc2)c(O)c1. The molecule has 2 heterocycles. The number of phenolic OH excluding ortho intramolecular Hbond substituents is 1. The minimum atomic E-state index is -0.975. The van der Waals surface area contributed by atoms with Crippen LogP contribution in [0.15, 0.2) is 48.0 Å². The maximum Gasteiger partial charge on any atom is 0.295 e. The summed E-state index contributed by atoms with van der Waals surface area (Å²) in [5.74, 6) is -2.19. The van der Waals surface area contributed by atoms with Crippen molar-refractivity contribution >= 4 is 23.1 Å². The number of carbonyl (C=O) groups is 2. The van der Waals surface area contributed by atoms with Crippen molar-refractivity contribution in [2.24, 2.45) is 0 Å². The molecule has 2 aliphatic heterocycles. The molecule has 2 aromatic rings. The van der Waals surface area contributed by atoms with Gasteiger partial charge in [-0.15, -0.1) is 0 Å². The van der Waals surface area contributed by atoms with Crippen molar-refractivity contribution < 1.29 is 34.2 Å². The molecule has 2 aliphatic rings. The third kappa shape index (κ3) is 5.02. The average molecular weight is 498 g/mol. The van der Waals surface area contributed by atoms with E-state index in [9.17, 15) is 29.9 Å². The molecule has 0 saturated carbocycles. The summed E-state index contributed by atoms with van der Waals surface area (Å²) < 4.78 is 10.4. The minimum Gasteiger partial charge on any atom is -0.507 e. The normalized spacial score (nSPS) is 20.0. The maximum absolute atomic E-state index is 13.1. The Kier molecular flexibility index (Phi) is 7.51. The number of hydrogen-bond donors (Lipinski definition) is 2. The molecule has 11 heteroatoms. The average Bonchev–Trinajstić information content (AvgIpc) is 3.14. The van der Waals surface area contributed by atoms with Gasteiger partial charge in [-0.25, -0.2) is 0 Å². The number of aliphatic hydroxyl groups excluding tert-OH is 1. The molecular formula is C25H27N3O8. The fraction of sp³-hybridized carbons (Fsp3) is 0.360. The second-order valence-electron chi connectivity index (χ2n) is 8.53. The number of methoxy groups -OCH3 is 1. The van der Waals surface area contributed by atoms with Crippen LogP contribution < -0.4 is 4.74 Å². The van der Waals surface area contributed by atoms with Crippen molar-refractivity contribution in [3.05, 3.63) is 69.3 Å². The van der Waals surface area contributed by atoms with Crippen molar-refractivity contribution in [1.82, 2.24) is 9.80 Å². The first-order valence-corrected chi connectivity index (χ1v) is 11.5. The number of ketones is 1. The smallest absolute Gasteiger partial charge is 0.295 e. The van der Waals surface area contributed by atoms with Gasteiger partial charge in [0.25, 0.3) is 17.4 Å². The lowest BCUT2D eigenvalue weighted by Gasteiger charge is -2.29. The monoisotopic (exact) mass is 497 g/mol. The van der Waals surface area contributed by atoms with E-state index in [1.807, 2.05) is 0 Å². The van der Waals surface area contributed by atoms with Crippen LogP contribution in [0, 0.1) is 10.1 Å². The van der Waals surface area contributed by atoms with Gasteiger partial charge in [0.15, 0.2) is 0 Å². The van der Waals surface area contributed by atoms with Gasteiger partial charge in [0.2, 0.25) is 0 Å². The molecule has 2 saturated heterocycles. The van der Waals surface area contributed by atoms with E-state index in [1.54, 1.807) is 0 Å². The Labute approximate surface area is 207 Å². The largest absolute Gasteiger partial charge is 0.507 e. The number of likely N-dealkylation sites (tertiary alicyclic amines) is 1. The molecule has 0 spiro atoms. The Morgan fingerprint density at radius 2 is 1.83 bits per heavy atom. The highest BCUT2D eigenvalue weighted by Crippen LogP contribution is 2.41. The van der Waals surface area contributed by atoms with Crippen LogP contribution in [0.1, 0.15) is 23.6 Å². The van der Waals surface area contributed by atoms with Gasteiger partial charge < -0.3 is 24.6 Å². The lowest BCUT2D eigenvalue weighted by Crippen LogP contribution is -2.38. The number of phenols is 1. The number of rotatable bonds is 8. The van der Waals surface area contributed by atoms with Gasteiger partial charge in [-0.1, -0.05) is 0 Å². The summed E-state index contributed by atoms with van der Waals surface area (Å²) in [6.45, 7) is 3.76.